The Morgan fingerprint density at radius 3 is 2.79 bits per heavy atom. The van der Waals surface area contributed by atoms with Crippen molar-refractivity contribution in [2.24, 2.45) is 0 Å². The van der Waals surface area contributed by atoms with E-state index < -0.39 is 5.60 Å². The molecule has 3 heteroatoms. The lowest BCUT2D eigenvalue weighted by atomic mass is 10.1. The molecule has 0 spiro atoms. The fourth-order valence-electron chi connectivity index (χ4n) is 1.19. The highest BCUT2D eigenvalue weighted by atomic mass is 16.3. The van der Waals surface area contributed by atoms with E-state index in [2.05, 4.69) is 10.3 Å². The molecule has 1 heterocycles. The molecule has 0 atom stereocenters. The second-order valence-electron chi connectivity index (χ2n) is 4.18. The van der Waals surface area contributed by atoms with Crippen molar-refractivity contribution in [1.82, 2.24) is 10.3 Å². The van der Waals surface area contributed by atoms with Crippen LogP contribution in [-0.4, -0.2) is 22.2 Å². The number of aryl methyl sites for hydroxylation is 1. The predicted molar refractivity (Wildman–Crippen MR) is 57.0 cm³/mol. The minimum absolute atomic E-state index is 0.572. The number of aliphatic hydroxyl groups is 1. The van der Waals surface area contributed by atoms with Gasteiger partial charge in [-0.15, -0.1) is 0 Å². The molecule has 0 bridgehead atoms. The molecule has 0 fully saturated rings. The van der Waals surface area contributed by atoms with Crippen molar-refractivity contribution in [3.05, 3.63) is 29.6 Å². The van der Waals surface area contributed by atoms with Crippen LogP contribution >= 0.6 is 0 Å². The third kappa shape index (κ3) is 3.85. The molecule has 78 valence electrons. The van der Waals surface area contributed by atoms with Crippen LogP contribution in [0.2, 0.25) is 0 Å². The Kier molecular flexibility index (Phi) is 3.61. The Labute approximate surface area is 85.2 Å². The van der Waals surface area contributed by atoms with Gasteiger partial charge >= 0.3 is 0 Å². The highest BCUT2D eigenvalue weighted by Crippen LogP contribution is 2.03. The average molecular weight is 194 g/mol. The third-order valence-electron chi connectivity index (χ3n) is 1.97. The van der Waals surface area contributed by atoms with Crippen molar-refractivity contribution in [3.63, 3.8) is 0 Å². The van der Waals surface area contributed by atoms with E-state index in [-0.39, 0.29) is 0 Å². The molecule has 0 aliphatic heterocycles. The summed E-state index contributed by atoms with van der Waals surface area (Å²) in [5.41, 5.74) is 1.55. The van der Waals surface area contributed by atoms with Crippen LogP contribution in [0.5, 0.6) is 0 Å². The van der Waals surface area contributed by atoms with Crippen LogP contribution in [-0.2, 0) is 6.54 Å². The Morgan fingerprint density at radius 2 is 2.21 bits per heavy atom. The monoisotopic (exact) mass is 194 g/mol. The molecule has 0 saturated carbocycles. The molecule has 14 heavy (non-hydrogen) atoms. The van der Waals surface area contributed by atoms with Crippen LogP contribution in [0.25, 0.3) is 0 Å². The minimum atomic E-state index is -0.664. The summed E-state index contributed by atoms with van der Waals surface area (Å²) < 4.78 is 0. The van der Waals surface area contributed by atoms with E-state index in [0.717, 1.165) is 5.69 Å². The summed E-state index contributed by atoms with van der Waals surface area (Å²) in [7, 11) is 0. The summed E-state index contributed by atoms with van der Waals surface area (Å²) in [6.45, 7) is 6.88. The maximum Gasteiger partial charge on any atom is 0.0715 e. The van der Waals surface area contributed by atoms with Gasteiger partial charge in [0.15, 0.2) is 0 Å². The number of rotatable bonds is 4. The lowest BCUT2D eigenvalue weighted by Crippen LogP contribution is -2.34. The lowest BCUT2D eigenvalue weighted by molar-refractivity contribution is 0.0794. The number of nitrogens with zero attached hydrogens (tertiary/aromatic N) is 1. The zero-order chi connectivity index (χ0) is 10.6. The first-order valence-electron chi connectivity index (χ1n) is 4.82. The smallest absolute Gasteiger partial charge is 0.0715 e. The molecular formula is C11H18N2O. The van der Waals surface area contributed by atoms with Crippen molar-refractivity contribution >= 4 is 0 Å². The Balaban J connectivity index is 2.43. The summed E-state index contributed by atoms with van der Waals surface area (Å²) >= 11 is 0. The van der Waals surface area contributed by atoms with E-state index in [1.807, 2.05) is 19.1 Å². The summed E-state index contributed by atoms with van der Waals surface area (Å²) in [6, 6.07) is 3.96. The van der Waals surface area contributed by atoms with Gasteiger partial charge in [-0.1, -0.05) is 6.07 Å². The van der Waals surface area contributed by atoms with Crippen LogP contribution in [0, 0.1) is 6.92 Å². The Hall–Kier alpha value is -0.930. The molecule has 1 aromatic heterocycles. The van der Waals surface area contributed by atoms with Crippen molar-refractivity contribution in [2.45, 2.75) is 32.9 Å². The summed E-state index contributed by atoms with van der Waals surface area (Å²) in [5, 5.41) is 12.7. The van der Waals surface area contributed by atoms with Gasteiger partial charge in [0.25, 0.3) is 0 Å². The quantitative estimate of drug-likeness (QED) is 0.758. The van der Waals surface area contributed by atoms with Crippen LogP contribution in [0.15, 0.2) is 18.3 Å². The van der Waals surface area contributed by atoms with E-state index in [9.17, 15) is 5.11 Å². The Morgan fingerprint density at radius 1 is 1.50 bits per heavy atom. The highest BCUT2D eigenvalue weighted by molar-refractivity contribution is 5.17. The van der Waals surface area contributed by atoms with E-state index in [1.165, 1.54) is 5.56 Å². The van der Waals surface area contributed by atoms with Gasteiger partial charge < -0.3 is 10.4 Å². The van der Waals surface area contributed by atoms with E-state index >= 15 is 0 Å². The largest absolute Gasteiger partial charge is 0.389 e. The number of nitrogens with one attached hydrogen (secondary N) is 1. The fourth-order valence-corrected chi connectivity index (χ4v) is 1.19. The van der Waals surface area contributed by atoms with Gasteiger partial charge in [-0.2, -0.15) is 0 Å². The lowest BCUT2D eigenvalue weighted by Gasteiger charge is -2.17. The standard InChI is InChI=1S/C11H18N2O/c1-9-5-4-6-13-10(9)7-12-8-11(2,3)14/h4-6,12,14H,7-8H2,1-3H3. The molecule has 0 radical (unpaired) electrons. The van der Waals surface area contributed by atoms with Gasteiger partial charge in [-0.3, -0.25) is 4.98 Å². The number of pyridine rings is 1. The Bertz CT molecular complexity index is 292. The van der Waals surface area contributed by atoms with Crippen molar-refractivity contribution < 1.29 is 5.11 Å². The molecule has 0 amide bonds. The maximum absolute atomic E-state index is 9.48. The van der Waals surface area contributed by atoms with Gasteiger partial charge in [0.2, 0.25) is 0 Å². The van der Waals surface area contributed by atoms with Crippen molar-refractivity contribution in [1.29, 1.82) is 0 Å². The zero-order valence-electron chi connectivity index (χ0n) is 9.04. The van der Waals surface area contributed by atoms with Crippen molar-refractivity contribution in [2.75, 3.05) is 6.54 Å². The second-order valence-corrected chi connectivity index (χ2v) is 4.18. The van der Waals surface area contributed by atoms with E-state index in [1.54, 1.807) is 20.0 Å². The fraction of sp³-hybridized carbons (Fsp3) is 0.545. The molecule has 0 aromatic carbocycles. The molecule has 1 rings (SSSR count). The average Bonchev–Trinajstić information content (AvgIpc) is 2.06. The minimum Gasteiger partial charge on any atom is -0.389 e. The molecule has 2 N–H and O–H groups in total. The molecule has 0 saturated heterocycles. The molecule has 0 aliphatic carbocycles. The van der Waals surface area contributed by atoms with E-state index in [0.29, 0.717) is 13.1 Å². The van der Waals surface area contributed by atoms with Crippen LogP contribution in [0.3, 0.4) is 0 Å². The topological polar surface area (TPSA) is 45.2 Å². The number of hydrogen-bond donors (Lipinski definition) is 2. The first-order chi connectivity index (χ1) is 6.49. The zero-order valence-corrected chi connectivity index (χ0v) is 9.04. The number of aromatic nitrogens is 1. The maximum atomic E-state index is 9.48. The van der Waals surface area contributed by atoms with Crippen LogP contribution in [0.4, 0.5) is 0 Å². The van der Waals surface area contributed by atoms with Gasteiger partial charge in [-0.25, -0.2) is 0 Å². The summed E-state index contributed by atoms with van der Waals surface area (Å²) in [6.07, 6.45) is 1.79. The van der Waals surface area contributed by atoms with E-state index in [4.69, 9.17) is 0 Å². The summed E-state index contributed by atoms with van der Waals surface area (Å²) in [5.74, 6) is 0. The molecular weight excluding hydrogens is 176 g/mol. The first kappa shape index (κ1) is 11.1. The number of hydrogen-bond acceptors (Lipinski definition) is 3. The van der Waals surface area contributed by atoms with Gasteiger partial charge in [0, 0.05) is 19.3 Å². The molecule has 0 aliphatic rings. The molecule has 3 nitrogen and oxygen atoms in total. The van der Waals surface area contributed by atoms with Gasteiger partial charge in [0.05, 0.1) is 11.3 Å². The van der Waals surface area contributed by atoms with Gasteiger partial charge in [-0.05, 0) is 32.4 Å². The van der Waals surface area contributed by atoms with Crippen LogP contribution < -0.4 is 5.32 Å². The first-order valence-corrected chi connectivity index (χ1v) is 4.82. The predicted octanol–water partition coefficient (Wildman–Crippen LogP) is 1.25. The SMILES string of the molecule is Cc1cccnc1CNCC(C)(C)O. The third-order valence-corrected chi connectivity index (χ3v) is 1.97. The second kappa shape index (κ2) is 4.53. The normalized spacial score (nSPS) is 11.7. The summed E-state index contributed by atoms with van der Waals surface area (Å²) in [4.78, 5) is 4.25. The van der Waals surface area contributed by atoms with Crippen LogP contribution in [0.1, 0.15) is 25.1 Å². The molecule has 0 unspecified atom stereocenters. The van der Waals surface area contributed by atoms with Crippen molar-refractivity contribution in [3.8, 4) is 0 Å². The molecule has 1 aromatic rings. The van der Waals surface area contributed by atoms with Gasteiger partial charge in [0.1, 0.15) is 0 Å². The highest BCUT2D eigenvalue weighted by Gasteiger charge is 2.11.